The van der Waals surface area contributed by atoms with Crippen molar-refractivity contribution in [3.05, 3.63) is 84.1 Å². The van der Waals surface area contributed by atoms with Crippen LogP contribution in [0.5, 0.6) is 0 Å². The molecular formula is C18H16N2O. The van der Waals surface area contributed by atoms with E-state index >= 15 is 0 Å². The van der Waals surface area contributed by atoms with Crippen molar-refractivity contribution in [1.82, 2.24) is 4.98 Å². The van der Waals surface area contributed by atoms with Crippen molar-refractivity contribution in [3.63, 3.8) is 0 Å². The molecule has 3 aromatic rings. The minimum atomic E-state index is -0.761. The molecule has 3 nitrogen and oxygen atoms in total. The molecule has 104 valence electrons. The molecule has 0 saturated carbocycles. The van der Waals surface area contributed by atoms with Crippen LogP contribution in [0.25, 0.3) is 11.1 Å². The average Bonchev–Trinajstić information content (AvgIpc) is 2.56. The van der Waals surface area contributed by atoms with E-state index in [1.807, 2.05) is 42.5 Å². The molecule has 0 radical (unpaired) electrons. The van der Waals surface area contributed by atoms with Crippen LogP contribution in [0.2, 0.25) is 0 Å². The highest BCUT2D eigenvalue weighted by Gasteiger charge is 2.13. The number of aromatic nitrogens is 1. The maximum atomic E-state index is 10.4. The van der Waals surface area contributed by atoms with Gasteiger partial charge in [0.05, 0.1) is 0 Å². The zero-order valence-corrected chi connectivity index (χ0v) is 11.5. The fourth-order valence-corrected chi connectivity index (χ4v) is 2.33. The monoisotopic (exact) mass is 276 g/mol. The molecule has 0 aliphatic heterocycles. The molecule has 0 saturated heterocycles. The Labute approximate surface area is 123 Å². The topological polar surface area (TPSA) is 59.1 Å². The number of nitrogens with two attached hydrogens (primary N) is 1. The molecule has 1 atom stereocenters. The van der Waals surface area contributed by atoms with Crippen LogP contribution in [0.3, 0.4) is 0 Å². The molecule has 3 heteroatoms. The number of hydrogen-bond acceptors (Lipinski definition) is 3. The minimum absolute atomic E-state index is 0.358. The predicted octanol–water partition coefficient (Wildman–Crippen LogP) is 3.41. The van der Waals surface area contributed by atoms with Crippen LogP contribution in [-0.2, 0) is 0 Å². The van der Waals surface area contributed by atoms with Crippen molar-refractivity contribution in [2.24, 2.45) is 0 Å². The van der Waals surface area contributed by atoms with Gasteiger partial charge in [0.2, 0.25) is 0 Å². The van der Waals surface area contributed by atoms with Gasteiger partial charge in [0, 0.05) is 11.8 Å². The predicted molar refractivity (Wildman–Crippen MR) is 84.6 cm³/mol. The molecule has 21 heavy (non-hydrogen) atoms. The summed E-state index contributed by atoms with van der Waals surface area (Å²) in [4.78, 5) is 4.01. The highest BCUT2D eigenvalue weighted by molar-refractivity contribution is 5.63. The van der Waals surface area contributed by atoms with Crippen LogP contribution in [0, 0.1) is 0 Å². The molecule has 1 unspecified atom stereocenters. The number of aliphatic hydroxyl groups is 1. The van der Waals surface area contributed by atoms with E-state index in [0.717, 1.165) is 16.7 Å². The van der Waals surface area contributed by atoms with Gasteiger partial charge >= 0.3 is 0 Å². The fourth-order valence-electron chi connectivity index (χ4n) is 2.33. The van der Waals surface area contributed by atoms with Gasteiger partial charge in [0.15, 0.2) is 0 Å². The van der Waals surface area contributed by atoms with Crippen molar-refractivity contribution in [3.8, 4) is 11.1 Å². The van der Waals surface area contributed by atoms with Gasteiger partial charge < -0.3 is 10.8 Å². The van der Waals surface area contributed by atoms with Gasteiger partial charge in [-0.2, -0.15) is 0 Å². The summed E-state index contributed by atoms with van der Waals surface area (Å²) in [5.41, 5.74) is 9.51. The SMILES string of the molecule is Nc1ncccc1C(O)c1ccc(-c2ccccc2)cc1. The summed E-state index contributed by atoms with van der Waals surface area (Å²) in [7, 11) is 0. The first-order valence-corrected chi connectivity index (χ1v) is 6.79. The van der Waals surface area contributed by atoms with Crippen LogP contribution >= 0.6 is 0 Å². The first-order chi connectivity index (χ1) is 10.3. The molecule has 2 aromatic carbocycles. The van der Waals surface area contributed by atoms with Crippen LogP contribution in [0.1, 0.15) is 17.2 Å². The minimum Gasteiger partial charge on any atom is -0.384 e. The average molecular weight is 276 g/mol. The lowest BCUT2D eigenvalue weighted by Gasteiger charge is -2.13. The number of hydrogen-bond donors (Lipinski definition) is 2. The van der Waals surface area contributed by atoms with E-state index in [0.29, 0.717) is 11.4 Å². The second-order valence-electron chi connectivity index (χ2n) is 4.87. The number of anilines is 1. The molecular weight excluding hydrogens is 260 g/mol. The van der Waals surface area contributed by atoms with Gasteiger partial charge in [-0.1, -0.05) is 60.7 Å². The normalized spacial score (nSPS) is 12.0. The Morgan fingerprint density at radius 1 is 0.810 bits per heavy atom. The standard InChI is InChI=1S/C18H16N2O/c19-18-16(7-4-12-20-18)17(21)15-10-8-14(9-11-15)13-5-2-1-3-6-13/h1-12,17,21H,(H2,19,20). The Hall–Kier alpha value is -2.65. The van der Waals surface area contributed by atoms with Gasteiger partial charge in [-0.05, 0) is 22.8 Å². The maximum Gasteiger partial charge on any atom is 0.129 e. The molecule has 0 aliphatic carbocycles. The summed E-state index contributed by atoms with van der Waals surface area (Å²) < 4.78 is 0. The third kappa shape index (κ3) is 2.78. The van der Waals surface area contributed by atoms with Crippen molar-refractivity contribution < 1.29 is 5.11 Å². The summed E-state index contributed by atoms with van der Waals surface area (Å²) in [6.07, 6.45) is 0.855. The van der Waals surface area contributed by atoms with E-state index in [1.165, 1.54) is 0 Å². The first-order valence-electron chi connectivity index (χ1n) is 6.79. The molecule has 3 N–H and O–H groups in total. The zero-order valence-electron chi connectivity index (χ0n) is 11.5. The molecule has 0 fully saturated rings. The number of nitrogens with zero attached hydrogens (tertiary/aromatic N) is 1. The van der Waals surface area contributed by atoms with E-state index in [1.54, 1.807) is 18.3 Å². The lowest BCUT2D eigenvalue weighted by Crippen LogP contribution is -2.05. The molecule has 0 aliphatic rings. The Kier molecular flexibility index (Phi) is 3.67. The second-order valence-corrected chi connectivity index (χ2v) is 4.87. The van der Waals surface area contributed by atoms with E-state index in [9.17, 15) is 5.11 Å². The van der Waals surface area contributed by atoms with E-state index in [-0.39, 0.29) is 0 Å². The Balaban J connectivity index is 1.89. The highest BCUT2D eigenvalue weighted by atomic mass is 16.3. The lowest BCUT2D eigenvalue weighted by atomic mass is 9.98. The molecule has 0 bridgehead atoms. The van der Waals surface area contributed by atoms with Crippen LogP contribution in [-0.4, -0.2) is 10.1 Å². The highest BCUT2D eigenvalue weighted by Crippen LogP contribution is 2.27. The van der Waals surface area contributed by atoms with Crippen LogP contribution < -0.4 is 5.73 Å². The Bertz CT molecular complexity index is 724. The third-order valence-electron chi connectivity index (χ3n) is 3.50. The van der Waals surface area contributed by atoms with E-state index < -0.39 is 6.10 Å². The van der Waals surface area contributed by atoms with Crippen molar-refractivity contribution in [2.75, 3.05) is 5.73 Å². The number of benzene rings is 2. The van der Waals surface area contributed by atoms with Gasteiger partial charge in [0.25, 0.3) is 0 Å². The quantitative estimate of drug-likeness (QED) is 0.770. The van der Waals surface area contributed by atoms with E-state index in [2.05, 4.69) is 17.1 Å². The number of pyridine rings is 1. The molecule has 0 amide bonds. The zero-order chi connectivity index (χ0) is 14.7. The van der Waals surface area contributed by atoms with Crippen LogP contribution in [0.15, 0.2) is 72.9 Å². The third-order valence-corrected chi connectivity index (χ3v) is 3.50. The molecule has 3 rings (SSSR count). The number of rotatable bonds is 3. The molecule has 1 aromatic heterocycles. The Morgan fingerprint density at radius 3 is 2.14 bits per heavy atom. The summed E-state index contributed by atoms with van der Waals surface area (Å²) in [5, 5.41) is 10.4. The van der Waals surface area contributed by atoms with Crippen molar-refractivity contribution in [1.29, 1.82) is 0 Å². The smallest absolute Gasteiger partial charge is 0.129 e. The largest absolute Gasteiger partial charge is 0.384 e. The summed E-state index contributed by atoms with van der Waals surface area (Å²) in [5.74, 6) is 0.358. The lowest BCUT2D eigenvalue weighted by molar-refractivity contribution is 0.221. The van der Waals surface area contributed by atoms with E-state index in [4.69, 9.17) is 5.73 Å². The molecule has 1 heterocycles. The number of aliphatic hydroxyl groups excluding tert-OH is 1. The Morgan fingerprint density at radius 2 is 1.48 bits per heavy atom. The molecule has 0 spiro atoms. The van der Waals surface area contributed by atoms with Gasteiger partial charge in [0.1, 0.15) is 11.9 Å². The van der Waals surface area contributed by atoms with Gasteiger partial charge in [-0.3, -0.25) is 0 Å². The van der Waals surface area contributed by atoms with Crippen molar-refractivity contribution in [2.45, 2.75) is 6.10 Å². The second kappa shape index (κ2) is 5.77. The first kappa shape index (κ1) is 13.3. The number of nitrogen functional groups attached to an aromatic ring is 1. The van der Waals surface area contributed by atoms with Crippen molar-refractivity contribution >= 4 is 5.82 Å². The summed E-state index contributed by atoms with van der Waals surface area (Å²) in [6.45, 7) is 0. The summed E-state index contributed by atoms with van der Waals surface area (Å²) >= 11 is 0. The fraction of sp³-hybridized carbons (Fsp3) is 0.0556. The maximum absolute atomic E-state index is 10.4. The van der Waals surface area contributed by atoms with Crippen LogP contribution in [0.4, 0.5) is 5.82 Å². The summed E-state index contributed by atoms with van der Waals surface area (Å²) in [6, 6.07) is 21.5. The van der Waals surface area contributed by atoms with Gasteiger partial charge in [-0.25, -0.2) is 4.98 Å². The van der Waals surface area contributed by atoms with Gasteiger partial charge in [-0.15, -0.1) is 0 Å².